The molecular formula is C15H24N2O3. The molecule has 1 amide bonds. The lowest BCUT2D eigenvalue weighted by Crippen LogP contribution is -2.35. The molecule has 1 rings (SSSR count). The molecular weight excluding hydrogens is 256 g/mol. The van der Waals surface area contributed by atoms with E-state index < -0.39 is 0 Å². The highest BCUT2D eigenvalue weighted by molar-refractivity contribution is 5.77. The van der Waals surface area contributed by atoms with Gasteiger partial charge in [0.25, 0.3) is 0 Å². The Morgan fingerprint density at radius 3 is 2.65 bits per heavy atom. The van der Waals surface area contributed by atoms with E-state index in [0.29, 0.717) is 25.4 Å². The first-order chi connectivity index (χ1) is 9.62. The average Bonchev–Trinajstić information content (AvgIpc) is 2.47. The summed E-state index contributed by atoms with van der Waals surface area (Å²) in [5, 5.41) is 3.13. The van der Waals surface area contributed by atoms with Crippen LogP contribution in [0.3, 0.4) is 0 Å². The van der Waals surface area contributed by atoms with Gasteiger partial charge in [0.1, 0.15) is 0 Å². The first-order valence-corrected chi connectivity index (χ1v) is 6.86. The molecule has 1 aromatic carbocycles. The van der Waals surface area contributed by atoms with E-state index in [1.165, 1.54) is 0 Å². The number of rotatable bonds is 8. The van der Waals surface area contributed by atoms with Crippen molar-refractivity contribution in [1.29, 1.82) is 0 Å². The van der Waals surface area contributed by atoms with Gasteiger partial charge < -0.3 is 19.7 Å². The molecule has 0 aliphatic carbocycles. The Hall–Kier alpha value is -1.75. The van der Waals surface area contributed by atoms with Crippen LogP contribution >= 0.6 is 0 Å². The molecule has 0 aliphatic rings. The van der Waals surface area contributed by atoms with Gasteiger partial charge in [0, 0.05) is 20.1 Å². The standard InChI is InChI=1S/C15H24N2O3/c1-5-17(3)15(18)11-16-10-12-7-8-13(20-6-2)14(9-12)19-4/h7-9,16H,5-6,10-11H2,1-4H3. The Kier molecular flexibility index (Phi) is 6.87. The van der Waals surface area contributed by atoms with E-state index in [1.807, 2.05) is 32.0 Å². The summed E-state index contributed by atoms with van der Waals surface area (Å²) < 4.78 is 10.8. The molecule has 20 heavy (non-hydrogen) atoms. The van der Waals surface area contributed by atoms with E-state index in [2.05, 4.69) is 5.32 Å². The van der Waals surface area contributed by atoms with Gasteiger partial charge in [-0.25, -0.2) is 0 Å². The number of likely N-dealkylation sites (N-methyl/N-ethyl adjacent to an activating group) is 1. The van der Waals surface area contributed by atoms with Crippen molar-refractivity contribution >= 4 is 5.91 Å². The number of nitrogens with one attached hydrogen (secondary N) is 1. The quantitative estimate of drug-likeness (QED) is 0.787. The highest BCUT2D eigenvalue weighted by Crippen LogP contribution is 2.27. The number of hydrogen-bond donors (Lipinski definition) is 1. The Morgan fingerprint density at radius 1 is 1.30 bits per heavy atom. The summed E-state index contributed by atoms with van der Waals surface area (Å²) in [6, 6.07) is 5.78. The van der Waals surface area contributed by atoms with Crippen LogP contribution in [0.25, 0.3) is 0 Å². The molecule has 0 saturated carbocycles. The number of amides is 1. The number of carbonyl (C=O) groups excluding carboxylic acids is 1. The maximum atomic E-state index is 11.6. The third-order valence-electron chi connectivity index (χ3n) is 3.03. The van der Waals surface area contributed by atoms with Crippen LogP contribution in [0.1, 0.15) is 19.4 Å². The molecule has 0 saturated heterocycles. The van der Waals surface area contributed by atoms with Gasteiger partial charge in [-0.05, 0) is 31.5 Å². The normalized spacial score (nSPS) is 10.2. The van der Waals surface area contributed by atoms with Gasteiger partial charge in [-0.15, -0.1) is 0 Å². The monoisotopic (exact) mass is 280 g/mol. The zero-order valence-electron chi connectivity index (χ0n) is 12.7. The molecule has 0 aliphatic heterocycles. The van der Waals surface area contributed by atoms with Gasteiger partial charge in [-0.3, -0.25) is 4.79 Å². The molecule has 1 aromatic rings. The zero-order chi connectivity index (χ0) is 15.0. The Morgan fingerprint density at radius 2 is 2.05 bits per heavy atom. The molecule has 0 aromatic heterocycles. The molecule has 0 fully saturated rings. The SMILES string of the molecule is CCOc1ccc(CNCC(=O)N(C)CC)cc1OC. The maximum Gasteiger partial charge on any atom is 0.236 e. The summed E-state index contributed by atoms with van der Waals surface area (Å²) in [6.07, 6.45) is 0. The first-order valence-electron chi connectivity index (χ1n) is 6.86. The van der Waals surface area contributed by atoms with Gasteiger partial charge >= 0.3 is 0 Å². The topological polar surface area (TPSA) is 50.8 Å². The van der Waals surface area contributed by atoms with Crippen molar-refractivity contribution in [3.05, 3.63) is 23.8 Å². The van der Waals surface area contributed by atoms with Gasteiger partial charge in [-0.1, -0.05) is 6.07 Å². The number of ether oxygens (including phenoxy) is 2. The van der Waals surface area contributed by atoms with Crippen molar-refractivity contribution in [2.45, 2.75) is 20.4 Å². The lowest BCUT2D eigenvalue weighted by atomic mass is 10.2. The minimum atomic E-state index is 0.0883. The largest absolute Gasteiger partial charge is 0.493 e. The summed E-state index contributed by atoms with van der Waals surface area (Å²) in [6.45, 7) is 6.16. The fraction of sp³-hybridized carbons (Fsp3) is 0.533. The number of nitrogens with zero attached hydrogens (tertiary/aromatic N) is 1. The second-order valence-electron chi connectivity index (χ2n) is 4.43. The van der Waals surface area contributed by atoms with Crippen LogP contribution in [0.15, 0.2) is 18.2 Å². The van der Waals surface area contributed by atoms with Gasteiger partial charge in [0.05, 0.1) is 20.3 Å². The van der Waals surface area contributed by atoms with E-state index in [0.717, 1.165) is 17.9 Å². The van der Waals surface area contributed by atoms with Crippen LogP contribution < -0.4 is 14.8 Å². The summed E-state index contributed by atoms with van der Waals surface area (Å²) >= 11 is 0. The predicted octanol–water partition coefficient (Wildman–Crippen LogP) is 1.66. The van der Waals surface area contributed by atoms with Gasteiger partial charge in [-0.2, -0.15) is 0 Å². The van der Waals surface area contributed by atoms with Crippen molar-refractivity contribution in [2.75, 3.05) is 33.9 Å². The van der Waals surface area contributed by atoms with Crippen LogP contribution in [-0.2, 0) is 11.3 Å². The lowest BCUT2D eigenvalue weighted by Gasteiger charge is -2.15. The molecule has 1 N–H and O–H groups in total. The van der Waals surface area contributed by atoms with Crippen LogP contribution in [0.5, 0.6) is 11.5 Å². The van der Waals surface area contributed by atoms with Crippen LogP contribution in [0.4, 0.5) is 0 Å². The number of methoxy groups -OCH3 is 1. The highest BCUT2D eigenvalue weighted by Gasteiger charge is 2.07. The summed E-state index contributed by atoms with van der Waals surface area (Å²) in [4.78, 5) is 13.3. The molecule has 0 radical (unpaired) electrons. The molecule has 0 spiro atoms. The van der Waals surface area contributed by atoms with E-state index >= 15 is 0 Å². The van der Waals surface area contributed by atoms with Crippen LogP contribution in [-0.4, -0.2) is 44.7 Å². The van der Waals surface area contributed by atoms with Gasteiger partial charge in [0.15, 0.2) is 11.5 Å². The molecule has 112 valence electrons. The summed E-state index contributed by atoms with van der Waals surface area (Å²) in [7, 11) is 3.42. The zero-order valence-corrected chi connectivity index (χ0v) is 12.7. The van der Waals surface area contributed by atoms with Crippen LogP contribution in [0.2, 0.25) is 0 Å². The first kappa shape index (κ1) is 16.3. The Labute approximate surface area is 120 Å². The summed E-state index contributed by atoms with van der Waals surface area (Å²) in [5.41, 5.74) is 1.05. The third kappa shape index (κ3) is 4.74. The lowest BCUT2D eigenvalue weighted by molar-refractivity contribution is -0.128. The van der Waals surface area contributed by atoms with E-state index in [-0.39, 0.29) is 5.91 Å². The molecule has 0 atom stereocenters. The van der Waals surface area contributed by atoms with Crippen molar-refractivity contribution in [2.24, 2.45) is 0 Å². The highest BCUT2D eigenvalue weighted by atomic mass is 16.5. The van der Waals surface area contributed by atoms with E-state index in [4.69, 9.17) is 9.47 Å². The second-order valence-corrected chi connectivity index (χ2v) is 4.43. The fourth-order valence-corrected chi connectivity index (χ4v) is 1.72. The maximum absolute atomic E-state index is 11.6. The minimum absolute atomic E-state index is 0.0883. The van der Waals surface area contributed by atoms with E-state index in [1.54, 1.807) is 19.1 Å². The minimum Gasteiger partial charge on any atom is -0.493 e. The number of hydrogen-bond acceptors (Lipinski definition) is 4. The van der Waals surface area contributed by atoms with E-state index in [9.17, 15) is 4.79 Å². The number of benzene rings is 1. The van der Waals surface area contributed by atoms with Crippen molar-refractivity contribution in [3.8, 4) is 11.5 Å². The average molecular weight is 280 g/mol. The fourth-order valence-electron chi connectivity index (χ4n) is 1.72. The second kappa shape index (κ2) is 8.43. The summed E-state index contributed by atoms with van der Waals surface area (Å²) in [5.74, 6) is 1.54. The molecule has 5 heteroatoms. The van der Waals surface area contributed by atoms with Crippen molar-refractivity contribution < 1.29 is 14.3 Å². The molecule has 0 bridgehead atoms. The molecule has 0 heterocycles. The Bertz CT molecular complexity index is 435. The Balaban J connectivity index is 2.54. The molecule has 5 nitrogen and oxygen atoms in total. The van der Waals surface area contributed by atoms with Gasteiger partial charge in [0.2, 0.25) is 5.91 Å². The van der Waals surface area contributed by atoms with Crippen molar-refractivity contribution in [3.63, 3.8) is 0 Å². The van der Waals surface area contributed by atoms with Crippen LogP contribution in [0, 0.1) is 0 Å². The molecule has 0 unspecified atom stereocenters. The van der Waals surface area contributed by atoms with Crippen molar-refractivity contribution in [1.82, 2.24) is 10.2 Å². The third-order valence-corrected chi connectivity index (χ3v) is 3.03. The predicted molar refractivity (Wildman–Crippen MR) is 79.2 cm³/mol. The smallest absolute Gasteiger partial charge is 0.236 e. The number of carbonyl (C=O) groups is 1.